The van der Waals surface area contributed by atoms with Gasteiger partial charge in [-0.15, -0.1) is 0 Å². The molecule has 0 N–H and O–H groups in total. The quantitative estimate of drug-likeness (QED) is 0.544. The molecule has 3 rings (SSSR count). The van der Waals surface area contributed by atoms with E-state index in [1.807, 2.05) is 0 Å². The summed E-state index contributed by atoms with van der Waals surface area (Å²) in [6, 6.07) is 0. The van der Waals surface area contributed by atoms with Crippen molar-refractivity contribution in [3.05, 3.63) is 33.4 Å². The van der Waals surface area contributed by atoms with Gasteiger partial charge in [0, 0.05) is 0 Å². The molecular formula is C12H14. The topological polar surface area (TPSA) is 0 Å². The van der Waals surface area contributed by atoms with Crippen LogP contribution in [-0.4, -0.2) is 0 Å². The van der Waals surface area contributed by atoms with Crippen LogP contribution in [0, 0.1) is 13.8 Å². The minimum atomic E-state index is 1.34. The number of fused-ring (bicyclic) bond motifs is 3. The van der Waals surface area contributed by atoms with Crippen molar-refractivity contribution in [1.82, 2.24) is 0 Å². The second-order valence-corrected chi connectivity index (χ2v) is 4.16. The summed E-state index contributed by atoms with van der Waals surface area (Å²) in [5, 5.41) is 0. The van der Waals surface area contributed by atoms with Gasteiger partial charge in [0.25, 0.3) is 0 Å². The maximum Gasteiger partial charge on any atom is -0.0232 e. The summed E-state index contributed by atoms with van der Waals surface area (Å²) in [4.78, 5) is 0. The van der Waals surface area contributed by atoms with Crippen molar-refractivity contribution in [3.8, 4) is 0 Å². The standard InChI is InChI=1S/C12H14/c1-7-8(2)10-4-6-12(10)11-5-3-9(7)11/h3-6H2,1-2H3. The van der Waals surface area contributed by atoms with Gasteiger partial charge >= 0.3 is 0 Å². The van der Waals surface area contributed by atoms with Crippen molar-refractivity contribution in [2.45, 2.75) is 39.5 Å². The summed E-state index contributed by atoms with van der Waals surface area (Å²) in [6.45, 7) is 4.60. The lowest BCUT2D eigenvalue weighted by molar-refractivity contribution is 0.726. The Labute approximate surface area is 73.6 Å². The van der Waals surface area contributed by atoms with Crippen LogP contribution >= 0.6 is 0 Å². The zero-order valence-corrected chi connectivity index (χ0v) is 7.83. The fraction of sp³-hybridized carbons (Fsp3) is 0.500. The first-order chi connectivity index (χ1) is 5.79. The first-order valence-corrected chi connectivity index (χ1v) is 4.91. The van der Waals surface area contributed by atoms with Crippen LogP contribution in [0.2, 0.25) is 0 Å². The summed E-state index contributed by atoms with van der Waals surface area (Å²) in [7, 11) is 0. The Bertz CT molecular complexity index is 276. The van der Waals surface area contributed by atoms with Gasteiger partial charge in [-0.2, -0.15) is 0 Å². The van der Waals surface area contributed by atoms with Crippen LogP contribution < -0.4 is 0 Å². The van der Waals surface area contributed by atoms with E-state index in [1.54, 1.807) is 33.4 Å². The van der Waals surface area contributed by atoms with Gasteiger partial charge in [0.05, 0.1) is 0 Å². The highest BCUT2D eigenvalue weighted by molar-refractivity contribution is 5.58. The highest BCUT2D eigenvalue weighted by Crippen LogP contribution is 2.40. The minimum absolute atomic E-state index is 1.34. The van der Waals surface area contributed by atoms with Crippen LogP contribution in [-0.2, 0) is 25.7 Å². The van der Waals surface area contributed by atoms with Crippen molar-refractivity contribution in [1.29, 1.82) is 0 Å². The lowest BCUT2D eigenvalue weighted by Crippen LogP contribution is -2.23. The molecule has 0 atom stereocenters. The summed E-state index contributed by atoms with van der Waals surface area (Å²) >= 11 is 0. The Morgan fingerprint density at radius 2 is 0.917 bits per heavy atom. The number of benzene rings is 1. The summed E-state index contributed by atoms with van der Waals surface area (Å²) in [6.07, 6.45) is 5.40. The molecule has 0 saturated carbocycles. The zero-order chi connectivity index (χ0) is 8.29. The highest BCUT2D eigenvalue weighted by Gasteiger charge is 2.28. The first-order valence-electron chi connectivity index (χ1n) is 4.91. The monoisotopic (exact) mass is 158 g/mol. The van der Waals surface area contributed by atoms with E-state index < -0.39 is 0 Å². The lowest BCUT2D eigenvalue weighted by Gasteiger charge is -2.34. The van der Waals surface area contributed by atoms with Gasteiger partial charge in [-0.05, 0) is 72.9 Å². The molecule has 0 nitrogen and oxygen atoms in total. The van der Waals surface area contributed by atoms with Gasteiger partial charge < -0.3 is 0 Å². The Balaban J connectivity index is 2.39. The Kier molecular flexibility index (Phi) is 1.08. The average molecular weight is 158 g/mol. The third-order valence-electron chi connectivity index (χ3n) is 3.81. The molecule has 0 heteroatoms. The van der Waals surface area contributed by atoms with Gasteiger partial charge in [-0.25, -0.2) is 0 Å². The van der Waals surface area contributed by atoms with E-state index >= 15 is 0 Å². The molecule has 1 aromatic carbocycles. The van der Waals surface area contributed by atoms with E-state index in [0.717, 1.165) is 0 Å². The SMILES string of the molecule is Cc1c(C)c2c(c3c1CC3)CC2. The van der Waals surface area contributed by atoms with Gasteiger partial charge in [0.1, 0.15) is 0 Å². The molecule has 0 heterocycles. The van der Waals surface area contributed by atoms with E-state index in [2.05, 4.69) is 13.8 Å². The maximum atomic E-state index is 2.30. The molecule has 62 valence electrons. The van der Waals surface area contributed by atoms with Crippen LogP contribution in [0.15, 0.2) is 0 Å². The van der Waals surface area contributed by atoms with Crippen LogP contribution in [0.5, 0.6) is 0 Å². The molecule has 1 aromatic rings. The van der Waals surface area contributed by atoms with Crippen molar-refractivity contribution in [2.24, 2.45) is 0 Å². The Morgan fingerprint density at radius 3 is 1.17 bits per heavy atom. The lowest BCUT2D eigenvalue weighted by atomic mass is 9.70. The van der Waals surface area contributed by atoms with E-state index in [9.17, 15) is 0 Å². The van der Waals surface area contributed by atoms with E-state index in [0.29, 0.717) is 0 Å². The third-order valence-corrected chi connectivity index (χ3v) is 3.81. The Hall–Kier alpha value is -0.780. The van der Waals surface area contributed by atoms with Crippen LogP contribution in [0.3, 0.4) is 0 Å². The molecule has 0 unspecified atom stereocenters. The normalized spacial score (nSPS) is 17.5. The van der Waals surface area contributed by atoms with E-state index in [4.69, 9.17) is 0 Å². The van der Waals surface area contributed by atoms with Crippen LogP contribution in [0.4, 0.5) is 0 Å². The van der Waals surface area contributed by atoms with Crippen molar-refractivity contribution >= 4 is 0 Å². The molecule has 0 aromatic heterocycles. The second-order valence-electron chi connectivity index (χ2n) is 4.16. The molecule has 0 spiro atoms. The number of hydrogen-bond acceptors (Lipinski definition) is 0. The third kappa shape index (κ3) is 0.565. The summed E-state index contributed by atoms with van der Waals surface area (Å²) < 4.78 is 0. The predicted molar refractivity (Wildman–Crippen MR) is 50.7 cm³/mol. The maximum absolute atomic E-state index is 2.30. The fourth-order valence-corrected chi connectivity index (χ4v) is 2.70. The van der Waals surface area contributed by atoms with Crippen LogP contribution in [0.25, 0.3) is 0 Å². The molecular weight excluding hydrogens is 144 g/mol. The largest absolute Gasteiger partial charge is 0.0444 e. The molecule has 2 aliphatic rings. The molecule has 2 aliphatic carbocycles. The molecule has 12 heavy (non-hydrogen) atoms. The van der Waals surface area contributed by atoms with Gasteiger partial charge in [-0.1, -0.05) is 0 Å². The first kappa shape index (κ1) is 6.71. The number of hydrogen-bond donors (Lipinski definition) is 0. The van der Waals surface area contributed by atoms with Gasteiger partial charge in [0.15, 0.2) is 0 Å². The summed E-state index contributed by atoms with van der Waals surface area (Å²) in [5.74, 6) is 0. The second kappa shape index (κ2) is 1.93. The van der Waals surface area contributed by atoms with Crippen LogP contribution in [0.1, 0.15) is 33.4 Å². The molecule has 0 amide bonds. The predicted octanol–water partition coefficient (Wildman–Crippen LogP) is 2.50. The smallest absolute Gasteiger partial charge is 0.0232 e. The molecule has 0 fully saturated rings. The van der Waals surface area contributed by atoms with E-state index in [-0.39, 0.29) is 0 Å². The minimum Gasteiger partial charge on any atom is -0.0444 e. The average Bonchev–Trinajstić information content (AvgIpc) is 1.93. The highest BCUT2D eigenvalue weighted by atomic mass is 14.3. The van der Waals surface area contributed by atoms with E-state index in [1.165, 1.54) is 25.7 Å². The van der Waals surface area contributed by atoms with Crippen molar-refractivity contribution < 1.29 is 0 Å². The molecule has 0 aliphatic heterocycles. The summed E-state index contributed by atoms with van der Waals surface area (Å²) in [5.41, 5.74) is 10.0. The number of rotatable bonds is 0. The Morgan fingerprint density at radius 1 is 0.583 bits per heavy atom. The van der Waals surface area contributed by atoms with Gasteiger partial charge in [0.2, 0.25) is 0 Å². The fourth-order valence-electron chi connectivity index (χ4n) is 2.70. The molecule has 0 bridgehead atoms. The van der Waals surface area contributed by atoms with Crippen molar-refractivity contribution in [3.63, 3.8) is 0 Å². The molecule has 0 radical (unpaired) electrons. The molecule has 0 saturated heterocycles. The van der Waals surface area contributed by atoms with Gasteiger partial charge in [-0.3, -0.25) is 0 Å². The van der Waals surface area contributed by atoms with Crippen molar-refractivity contribution in [2.75, 3.05) is 0 Å². The zero-order valence-electron chi connectivity index (χ0n) is 7.83.